The highest BCUT2D eigenvalue weighted by atomic mass is 16.3. The minimum Gasteiger partial charge on any atom is -0.396 e. The lowest BCUT2D eigenvalue weighted by Gasteiger charge is -2.30. The van der Waals surface area contributed by atoms with Crippen LogP contribution in [0, 0.1) is 0 Å². The van der Waals surface area contributed by atoms with Crippen molar-refractivity contribution >= 4 is 5.91 Å². The van der Waals surface area contributed by atoms with Crippen LogP contribution < -0.4 is 11.1 Å². The predicted octanol–water partition coefficient (Wildman–Crippen LogP) is 0.781. The first-order valence-corrected chi connectivity index (χ1v) is 5.67. The fourth-order valence-corrected chi connectivity index (χ4v) is 1.41. The van der Waals surface area contributed by atoms with E-state index in [-0.39, 0.29) is 18.1 Å². The SMILES string of the molecule is CCCC(N)C(=O)NC(C)(CC)CCO. The number of nitrogens with one attached hydrogen (secondary N) is 1. The minimum absolute atomic E-state index is 0.0770. The zero-order valence-corrected chi connectivity index (χ0v) is 10.0. The van der Waals surface area contributed by atoms with Gasteiger partial charge in [0.1, 0.15) is 0 Å². The van der Waals surface area contributed by atoms with E-state index in [1.165, 1.54) is 0 Å². The van der Waals surface area contributed by atoms with Gasteiger partial charge in [0.2, 0.25) is 5.91 Å². The number of hydrogen-bond donors (Lipinski definition) is 3. The van der Waals surface area contributed by atoms with Crippen LogP contribution in [0.4, 0.5) is 0 Å². The van der Waals surface area contributed by atoms with Crippen molar-refractivity contribution in [3.63, 3.8) is 0 Å². The summed E-state index contributed by atoms with van der Waals surface area (Å²) in [6.45, 7) is 5.99. The average Bonchev–Trinajstić information content (AvgIpc) is 2.18. The first-order valence-electron chi connectivity index (χ1n) is 5.67. The molecule has 4 N–H and O–H groups in total. The zero-order chi connectivity index (χ0) is 11.9. The average molecular weight is 216 g/mol. The summed E-state index contributed by atoms with van der Waals surface area (Å²) in [7, 11) is 0. The molecule has 4 heteroatoms. The number of hydrogen-bond acceptors (Lipinski definition) is 3. The monoisotopic (exact) mass is 216 g/mol. The molecule has 0 aliphatic rings. The molecule has 15 heavy (non-hydrogen) atoms. The highest BCUT2D eigenvalue weighted by Gasteiger charge is 2.25. The van der Waals surface area contributed by atoms with E-state index in [1.54, 1.807) is 0 Å². The van der Waals surface area contributed by atoms with E-state index in [4.69, 9.17) is 10.8 Å². The summed E-state index contributed by atoms with van der Waals surface area (Å²) in [5, 5.41) is 11.8. The Morgan fingerprint density at radius 2 is 2.13 bits per heavy atom. The molecular formula is C11H24N2O2. The summed E-state index contributed by atoms with van der Waals surface area (Å²) in [5.41, 5.74) is 5.38. The Bertz CT molecular complexity index is 197. The van der Waals surface area contributed by atoms with Gasteiger partial charge in [0.25, 0.3) is 0 Å². The Labute approximate surface area is 92.2 Å². The molecule has 0 saturated heterocycles. The van der Waals surface area contributed by atoms with Crippen molar-refractivity contribution in [1.29, 1.82) is 0 Å². The summed E-state index contributed by atoms with van der Waals surface area (Å²) in [5.74, 6) is -0.116. The van der Waals surface area contributed by atoms with E-state index >= 15 is 0 Å². The number of carbonyl (C=O) groups excluding carboxylic acids is 1. The molecule has 2 unspecified atom stereocenters. The van der Waals surface area contributed by atoms with E-state index in [0.29, 0.717) is 12.8 Å². The van der Waals surface area contributed by atoms with Gasteiger partial charge in [-0.05, 0) is 26.2 Å². The molecule has 0 aliphatic heterocycles. The van der Waals surface area contributed by atoms with Gasteiger partial charge in [0.05, 0.1) is 6.04 Å². The van der Waals surface area contributed by atoms with Crippen molar-refractivity contribution in [3.8, 4) is 0 Å². The Morgan fingerprint density at radius 1 is 1.53 bits per heavy atom. The predicted molar refractivity (Wildman–Crippen MR) is 61.4 cm³/mol. The highest BCUT2D eigenvalue weighted by molar-refractivity contribution is 5.82. The molecule has 0 saturated carbocycles. The summed E-state index contributed by atoms with van der Waals surface area (Å²) >= 11 is 0. The first-order chi connectivity index (χ1) is 6.99. The van der Waals surface area contributed by atoms with Gasteiger partial charge in [-0.1, -0.05) is 20.3 Å². The van der Waals surface area contributed by atoms with Gasteiger partial charge in [0, 0.05) is 12.1 Å². The normalized spacial score (nSPS) is 16.9. The molecule has 0 bridgehead atoms. The molecule has 0 rings (SSSR count). The number of nitrogens with two attached hydrogens (primary N) is 1. The van der Waals surface area contributed by atoms with Crippen LogP contribution in [-0.2, 0) is 4.79 Å². The van der Waals surface area contributed by atoms with Crippen LogP contribution in [0.3, 0.4) is 0 Å². The molecule has 90 valence electrons. The number of carbonyl (C=O) groups is 1. The van der Waals surface area contributed by atoms with Crippen LogP contribution >= 0.6 is 0 Å². The van der Waals surface area contributed by atoms with Crippen LogP contribution in [0.5, 0.6) is 0 Å². The first kappa shape index (κ1) is 14.4. The Kier molecular flexibility index (Phi) is 6.52. The van der Waals surface area contributed by atoms with Gasteiger partial charge in [-0.15, -0.1) is 0 Å². The van der Waals surface area contributed by atoms with Crippen LogP contribution in [0.2, 0.25) is 0 Å². The largest absolute Gasteiger partial charge is 0.396 e. The maximum absolute atomic E-state index is 11.7. The van der Waals surface area contributed by atoms with E-state index in [2.05, 4.69) is 5.32 Å². The smallest absolute Gasteiger partial charge is 0.237 e. The molecule has 0 radical (unpaired) electrons. The Morgan fingerprint density at radius 3 is 2.53 bits per heavy atom. The molecule has 0 aliphatic carbocycles. The molecule has 0 aromatic rings. The summed E-state index contributed by atoms with van der Waals surface area (Å²) < 4.78 is 0. The van der Waals surface area contributed by atoms with Crippen molar-refractivity contribution < 1.29 is 9.90 Å². The summed E-state index contributed by atoms with van der Waals surface area (Å²) in [4.78, 5) is 11.7. The minimum atomic E-state index is -0.431. The molecule has 0 spiro atoms. The third kappa shape index (κ3) is 5.14. The van der Waals surface area contributed by atoms with Crippen LogP contribution in [0.25, 0.3) is 0 Å². The Balaban J connectivity index is 4.22. The van der Waals surface area contributed by atoms with Crippen molar-refractivity contribution in [1.82, 2.24) is 5.32 Å². The maximum Gasteiger partial charge on any atom is 0.237 e. The Hall–Kier alpha value is -0.610. The maximum atomic E-state index is 11.7. The number of rotatable bonds is 7. The number of aliphatic hydroxyl groups excluding tert-OH is 1. The highest BCUT2D eigenvalue weighted by Crippen LogP contribution is 2.14. The molecule has 0 aromatic carbocycles. The molecule has 0 fully saturated rings. The second-order valence-electron chi connectivity index (χ2n) is 4.27. The van der Waals surface area contributed by atoms with Crippen LogP contribution in [-0.4, -0.2) is 29.2 Å². The van der Waals surface area contributed by atoms with Gasteiger partial charge in [0.15, 0.2) is 0 Å². The van der Waals surface area contributed by atoms with E-state index in [9.17, 15) is 4.79 Å². The van der Waals surface area contributed by atoms with Crippen molar-refractivity contribution in [2.45, 2.75) is 58.0 Å². The third-order valence-corrected chi connectivity index (χ3v) is 2.81. The molecular weight excluding hydrogens is 192 g/mol. The van der Waals surface area contributed by atoms with Crippen LogP contribution in [0.15, 0.2) is 0 Å². The van der Waals surface area contributed by atoms with Gasteiger partial charge in [-0.25, -0.2) is 0 Å². The lowest BCUT2D eigenvalue weighted by molar-refractivity contribution is -0.124. The van der Waals surface area contributed by atoms with Gasteiger partial charge >= 0.3 is 0 Å². The quantitative estimate of drug-likeness (QED) is 0.588. The molecule has 0 aromatic heterocycles. The van der Waals surface area contributed by atoms with Gasteiger partial charge in [-0.3, -0.25) is 4.79 Å². The fraction of sp³-hybridized carbons (Fsp3) is 0.909. The second kappa shape index (κ2) is 6.80. The zero-order valence-electron chi connectivity index (χ0n) is 10.0. The number of amides is 1. The van der Waals surface area contributed by atoms with Crippen LogP contribution in [0.1, 0.15) is 46.5 Å². The van der Waals surface area contributed by atoms with E-state index in [0.717, 1.165) is 12.8 Å². The fourth-order valence-electron chi connectivity index (χ4n) is 1.41. The summed E-state index contributed by atoms with van der Waals surface area (Å²) in [6.07, 6.45) is 2.95. The van der Waals surface area contributed by atoms with Crippen molar-refractivity contribution in [3.05, 3.63) is 0 Å². The number of aliphatic hydroxyl groups is 1. The molecule has 1 amide bonds. The summed E-state index contributed by atoms with van der Waals surface area (Å²) in [6, 6.07) is -0.431. The molecule has 4 nitrogen and oxygen atoms in total. The van der Waals surface area contributed by atoms with E-state index < -0.39 is 6.04 Å². The van der Waals surface area contributed by atoms with Gasteiger partial charge in [-0.2, -0.15) is 0 Å². The standard InChI is InChI=1S/C11H24N2O2/c1-4-6-9(12)10(15)13-11(3,5-2)7-8-14/h9,14H,4-8,12H2,1-3H3,(H,13,15). The van der Waals surface area contributed by atoms with Gasteiger partial charge < -0.3 is 16.2 Å². The van der Waals surface area contributed by atoms with Crippen molar-refractivity contribution in [2.75, 3.05) is 6.61 Å². The lowest BCUT2D eigenvalue weighted by atomic mass is 9.94. The van der Waals surface area contributed by atoms with E-state index in [1.807, 2.05) is 20.8 Å². The third-order valence-electron chi connectivity index (χ3n) is 2.81. The van der Waals surface area contributed by atoms with Crippen molar-refractivity contribution in [2.24, 2.45) is 5.73 Å². The second-order valence-corrected chi connectivity index (χ2v) is 4.27. The lowest BCUT2D eigenvalue weighted by Crippen LogP contribution is -2.52. The molecule has 0 heterocycles. The molecule has 2 atom stereocenters. The topological polar surface area (TPSA) is 75.4 Å².